The Hall–Kier alpha value is -7.43. The normalized spacial score (nSPS) is 19.5. The van der Waals surface area contributed by atoms with Gasteiger partial charge >= 0.3 is 0 Å². The lowest BCUT2D eigenvalue weighted by molar-refractivity contribution is 0.669. The van der Waals surface area contributed by atoms with Gasteiger partial charge in [-0.25, -0.2) is 15.0 Å². The molecule has 2 aromatic heterocycles. The Kier molecular flexibility index (Phi) is 3.02. The second-order valence-electron chi connectivity index (χ2n) is 11.6. The highest BCUT2D eigenvalue weighted by atomic mass is 16.3. The molecule has 0 N–H and O–H groups in total. The van der Waals surface area contributed by atoms with Crippen LogP contribution in [0, 0.1) is 0 Å². The molecule has 0 aliphatic carbocycles. The summed E-state index contributed by atoms with van der Waals surface area (Å²) in [6, 6.07) is -28.7. The molecular formula is C51H31N3O. The van der Waals surface area contributed by atoms with Gasteiger partial charge in [0.25, 0.3) is 0 Å². The van der Waals surface area contributed by atoms with E-state index in [0.717, 1.165) is 0 Å². The summed E-state index contributed by atoms with van der Waals surface area (Å²) in [4.78, 5) is 13.5. The van der Waals surface area contributed by atoms with Crippen LogP contribution in [0.2, 0.25) is 0 Å². The first-order valence-corrected chi connectivity index (χ1v) is 16.0. The van der Waals surface area contributed by atoms with Crippen LogP contribution in [0.25, 0.3) is 111 Å². The third-order valence-corrected chi connectivity index (χ3v) is 8.25. The molecule has 0 bridgehead atoms. The first-order valence-electron chi connectivity index (χ1n) is 31.5. The minimum Gasteiger partial charge on any atom is -0.456 e. The summed E-state index contributed by atoms with van der Waals surface area (Å²) in [5.41, 5.74) is -7.18. The fourth-order valence-electron chi connectivity index (χ4n) is 5.77. The standard InChI is InChI=1S/C51H31N3O/c1-2-10-32(11-3-1)37-21-22-39-29-42(25-23-38(39)27-37)50-52-49(41-24-19-34-13-5-7-15-36(34)28-41)53-51(54-50)45-30-43(40-20-18-33-12-4-6-14-35(33)26-40)31-47-48(45)44-16-8-9-17-46(44)55-47/h1-31H/i1D,2D,3D,4D,5D,6D,7D,8D,9D,10D,11D,12D,13D,14D,15D,16D,17D,18D,19D,20D,21D,22D,23D,24D,25D,26D,27D,28D,29D,30D,31D. The van der Waals surface area contributed by atoms with Gasteiger partial charge in [0.2, 0.25) is 0 Å². The zero-order chi connectivity index (χ0) is 63.3. The molecule has 2 heterocycles. The number of benzene rings is 9. The maximum Gasteiger partial charge on any atom is 0.164 e. The molecule has 256 valence electrons. The van der Waals surface area contributed by atoms with Gasteiger partial charge in [-0.05, 0) is 96.9 Å². The lowest BCUT2D eigenvalue weighted by Crippen LogP contribution is -2.01. The van der Waals surface area contributed by atoms with Crippen molar-refractivity contribution in [1.29, 1.82) is 0 Å². The number of furan rings is 1. The van der Waals surface area contributed by atoms with Gasteiger partial charge in [0.05, 0.1) is 42.5 Å². The fraction of sp³-hybridized carbons (Fsp3) is 0. The molecule has 11 aromatic rings. The Morgan fingerprint density at radius 1 is 0.327 bits per heavy atom. The highest BCUT2D eigenvalue weighted by molar-refractivity contribution is 6.13. The first kappa shape index (κ1) is 13.2. The van der Waals surface area contributed by atoms with Crippen molar-refractivity contribution in [3.63, 3.8) is 0 Å². The summed E-state index contributed by atoms with van der Waals surface area (Å²) in [6.07, 6.45) is 0. The molecule has 9 aromatic carbocycles. The van der Waals surface area contributed by atoms with Crippen molar-refractivity contribution >= 4 is 54.3 Å². The van der Waals surface area contributed by atoms with Crippen LogP contribution in [0.4, 0.5) is 0 Å². The zero-order valence-corrected chi connectivity index (χ0v) is 27.2. The largest absolute Gasteiger partial charge is 0.456 e. The third kappa shape index (κ3) is 5.51. The lowest BCUT2D eigenvalue weighted by atomic mass is 9.96. The highest BCUT2D eigenvalue weighted by Crippen LogP contribution is 2.40. The summed E-state index contributed by atoms with van der Waals surface area (Å²) in [5, 5.41) is -5.22. The van der Waals surface area contributed by atoms with Crippen molar-refractivity contribution in [3.8, 4) is 56.4 Å². The van der Waals surface area contributed by atoms with E-state index < -0.39 is 298 Å². The maximum absolute atomic E-state index is 10.1. The Balaban J connectivity index is 1.36. The summed E-state index contributed by atoms with van der Waals surface area (Å²) < 4.78 is 283. The summed E-state index contributed by atoms with van der Waals surface area (Å²) >= 11 is 0. The number of nitrogens with zero attached hydrogens (tertiary/aromatic N) is 3. The van der Waals surface area contributed by atoms with Crippen molar-refractivity contribution in [3.05, 3.63) is 187 Å². The van der Waals surface area contributed by atoms with Gasteiger partial charge in [-0.1, -0.05) is 145 Å². The smallest absolute Gasteiger partial charge is 0.164 e. The Morgan fingerprint density at radius 3 is 1.45 bits per heavy atom. The summed E-state index contributed by atoms with van der Waals surface area (Å²) in [6.45, 7) is 0. The minimum absolute atomic E-state index is 0.581. The topological polar surface area (TPSA) is 51.8 Å². The molecule has 0 aliphatic heterocycles. The number of para-hydroxylation sites is 1. The van der Waals surface area contributed by atoms with Gasteiger partial charge in [0.15, 0.2) is 17.5 Å². The van der Waals surface area contributed by atoms with Crippen LogP contribution in [0.5, 0.6) is 0 Å². The molecule has 0 atom stereocenters. The van der Waals surface area contributed by atoms with Crippen molar-refractivity contribution in [2.24, 2.45) is 0 Å². The van der Waals surface area contributed by atoms with Crippen molar-refractivity contribution in [2.45, 2.75) is 0 Å². The van der Waals surface area contributed by atoms with E-state index in [1.165, 1.54) is 0 Å². The van der Waals surface area contributed by atoms with Crippen molar-refractivity contribution < 1.29 is 46.9 Å². The van der Waals surface area contributed by atoms with Crippen LogP contribution in [-0.2, 0) is 0 Å². The van der Waals surface area contributed by atoms with Gasteiger partial charge in [0, 0.05) is 27.5 Å². The molecule has 4 nitrogen and oxygen atoms in total. The van der Waals surface area contributed by atoms with Gasteiger partial charge in [-0.15, -0.1) is 0 Å². The predicted octanol–water partition coefficient (Wildman–Crippen LogP) is 13.6. The Morgan fingerprint density at radius 2 is 0.800 bits per heavy atom. The minimum atomic E-state index is -1.09. The Labute approximate surface area is 360 Å². The third-order valence-electron chi connectivity index (χ3n) is 8.25. The van der Waals surface area contributed by atoms with E-state index in [4.69, 9.17) is 31.8 Å². The average Bonchev–Trinajstić information content (AvgIpc) is 1.28. The highest BCUT2D eigenvalue weighted by Gasteiger charge is 2.20. The van der Waals surface area contributed by atoms with Gasteiger partial charge < -0.3 is 4.42 Å². The van der Waals surface area contributed by atoms with Crippen LogP contribution in [0.15, 0.2) is 192 Å². The van der Waals surface area contributed by atoms with Gasteiger partial charge in [-0.2, -0.15) is 0 Å². The molecule has 0 unspecified atom stereocenters. The van der Waals surface area contributed by atoms with E-state index in [1.54, 1.807) is 0 Å². The molecule has 0 saturated heterocycles. The zero-order valence-electron chi connectivity index (χ0n) is 58.2. The number of hydrogen-bond donors (Lipinski definition) is 0. The van der Waals surface area contributed by atoms with E-state index in [1.807, 2.05) is 0 Å². The van der Waals surface area contributed by atoms with E-state index in [-0.39, 0.29) is 0 Å². The summed E-state index contributed by atoms with van der Waals surface area (Å²) in [5.74, 6) is -2.92. The van der Waals surface area contributed by atoms with Gasteiger partial charge in [-0.3, -0.25) is 0 Å². The monoisotopic (exact) mass is 732 g/mol. The Bertz CT molecular complexity index is 5050. The quantitative estimate of drug-likeness (QED) is 0.177. The van der Waals surface area contributed by atoms with E-state index in [0.29, 0.717) is 0 Å². The molecule has 55 heavy (non-hydrogen) atoms. The summed E-state index contributed by atoms with van der Waals surface area (Å²) in [7, 11) is 0. The van der Waals surface area contributed by atoms with Crippen LogP contribution < -0.4 is 0 Å². The van der Waals surface area contributed by atoms with Crippen molar-refractivity contribution in [2.75, 3.05) is 0 Å². The lowest BCUT2D eigenvalue weighted by Gasteiger charge is -2.12. The number of hydrogen-bond acceptors (Lipinski definition) is 4. The number of fused-ring (bicyclic) bond motifs is 6. The first-order chi connectivity index (χ1) is 40.2. The van der Waals surface area contributed by atoms with Crippen LogP contribution in [-0.4, -0.2) is 15.0 Å². The molecule has 0 spiro atoms. The molecule has 0 aliphatic rings. The molecular weight excluding hydrogens is 671 g/mol. The van der Waals surface area contributed by atoms with Crippen molar-refractivity contribution in [1.82, 2.24) is 15.0 Å². The molecule has 0 saturated carbocycles. The molecule has 0 radical (unpaired) electrons. The van der Waals surface area contributed by atoms with E-state index >= 15 is 0 Å². The average molecular weight is 733 g/mol. The number of rotatable bonds is 5. The predicted molar refractivity (Wildman–Crippen MR) is 227 cm³/mol. The van der Waals surface area contributed by atoms with Crippen LogP contribution in [0.3, 0.4) is 0 Å². The molecule has 4 heteroatoms. The SMILES string of the molecule is [2H]c1c([2H])c([2H])c(-c2c([2H])c([2H])c3c([2H])c(-c4nc(-c5c([2H])c([2H])c6c([2H])c([2H])c([2H])c([2H])c6c5[2H])nc(-c5c([2H])c(-c6c([2H])c([2H])c7c([2H])c([2H])c([2H])c([2H])c7c6[2H])c([2H])c6oc7c([2H])c([2H])c([2H])c([2H])c7c56)n4)c([2H])c([2H])c3c2[2H])c([2H])c1[2H]. The second kappa shape index (κ2) is 12.6. The van der Waals surface area contributed by atoms with Gasteiger partial charge in [0.1, 0.15) is 11.2 Å². The van der Waals surface area contributed by atoms with E-state index in [2.05, 4.69) is 15.0 Å². The van der Waals surface area contributed by atoms with E-state index in [9.17, 15) is 15.1 Å². The molecule has 0 fully saturated rings. The van der Waals surface area contributed by atoms with Crippen LogP contribution >= 0.6 is 0 Å². The molecule has 11 rings (SSSR count). The molecule has 0 amide bonds. The maximum atomic E-state index is 10.1. The fourth-order valence-corrected chi connectivity index (χ4v) is 5.77. The second-order valence-corrected chi connectivity index (χ2v) is 11.6. The number of aromatic nitrogens is 3. The van der Waals surface area contributed by atoms with Crippen LogP contribution in [0.1, 0.15) is 42.5 Å².